The Labute approximate surface area is 71.6 Å². The maximum Gasteiger partial charge on any atom is 0.141 e. The van der Waals surface area contributed by atoms with E-state index in [4.69, 9.17) is 5.73 Å². The summed E-state index contributed by atoms with van der Waals surface area (Å²) in [5.41, 5.74) is 6.47. The first-order valence-electron chi connectivity index (χ1n) is 4.03. The number of aryl methyl sites for hydroxylation is 1. The first kappa shape index (κ1) is 9.13. The van der Waals surface area contributed by atoms with Gasteiger partial charge in [-0.25, -0.2) is 4.39 Å². The first-order chi connectivity index (χ1) is 5.68. The molecule has 1 atom stereocenters. The van der Waals surface area contributed by atoms with Crippen LogP contribution in [-0.2, 0) is 6.42 Å². The molecule has 0 aliphatic rings. The molecule has 0 radical (unpaired) electrons. The quantitative estimate of drug-likeness (QED) is 0.742. The molecule has 0 aliphatic heterocycles. The molecule has 2 nitrogen and oxygen atoms in total. The molecule has 0 aliphatic carbocycles. The van der Waals surface area contributed by atoms with Crippen molar-refractivity contribution in [2.24, 2.45) is 5.73 Å². The number of halogens is 1. The Morgan fingerprint density at radius 2 is 2.33 bits per heavy atom. The van der Waals surface area contributed by atoms with Gasteiger partial charge in [0.1, 0.15) is 5.82 Å². The summed E-state index contributed by atoms with van der Waals surface area (Å²) >= 11 is 0. The fourth-order valence-corrected chi connectivity index (χ4v) is 0.987. The van der Waals surface area contributed by atoms with Gasteiger partial charge in [-0.2, -0.15) is 0 Å². The number of hydrogen-bond donors (Lipinski definition) is 1. The molecule has 1 aromatic heterocycles. The highest BCUT2D eigenvalue weighted by molar-refractivity contribution is 5.10. The van der Waals surface area contributed by atoms with Crippen LogP contribution >= 0.6 is 0 Å². The average Bonchev–Trinajstić information content (AvgIpc) is 2.01. The van der Waals surface area contributed by atoms with E-state index < -0.39 is 0 Å². The third-order valence-electron chi connectivity index (χ3n) is 1.65. The fourth-order valence-electron chi connectivity index (χ4n) is 0.987. The largest absolute Gasteiger partial charge is 0.328 e. The predicted octanol–water partition coefficient (Wildman–Crippen LogP) is 1.50. The van der Waals surface area contributed by atoms with E-state index in [-0.39, 0.29) is 11.9 Å². The molecule has 0 aromatic carbocycles. The zero-order valence-corrected chi connectivity index (χ0v) is 7.13. The van der Waals surface area contributed by atoms with E-state index in [1.54, 1.807) is 6.20 Å². The Bertz CT molecular complexity index is 248. The van der Waals surface area contributed by atoms with Gasteiger partial charge in [-0.05, 0) is 31.4 Å². The summed E-state index contributed by atoms with van der Waals surface area (Å²) in [7, 11) is 0. The lowest BCUT2D eigenvalue weighted by Crippen LogP contribution is -2.15. The lowest BCUT2D eigenvalue weighted by atomic mass is 10.1. The van der Waals surface area contributed by atoms with Crippen LogP contribution in [0.3, 0.4) is 0 Å². The van der Waals surface area contributed by atoms with Crippen LogP contribution in [0.5, 0.6) is 0 Å². The fraction of sp³-hybridized carbons (Fsp3) is 0.444. The number of pyridine rings is 1. The highest BCUT2D eigenvalue weighted by Crippen LogP contribution is 2.04. The molecular weight excluding hydrogens is 155 g/mol. The number of nitrogens with two attached hydrogens (primary N) is 1. The van der Waals surface area contributed by atoms with Crippen LogP contribution in [-0.4, -0.2) is 11.0 Å². The Balaban J connectivity index is 2.52. The van der Waals surface area contributed by atoms with Gasteiger partial charge in [0, 0.05) is 12.2 Å². The average molecular weight is 168 g/mol. The van der Waals surface area contributed by atoms with Crippen molar-refractivity contribution in [3.05, 3.63) is 29.8 Å². The normalized spacial score (nSPS) is 12.9. The van der Waals surface area contributed by atoms with Crippen LogP contribution in [0.2, 0.25) is 0 Å². The first-order valence-corrected chi connectivity index (χ1v) is 4.03. The summed E-state index contributed by atoms with van der Waals surface area (Å²) in [6, 6.07) is 1.66. The van der Waals surface area contributed by atoms with E-state index in [0.717, 1.165) is 18.4 Å². The smallest absolute Gasteiger partial charge is 0.141 e. The van der Waals surface area contributed by atoms with Crippen molar-refractivity contribution < 1.29 is 4.39 Å². The van der Waals surface area contributed by atoms with E-state index in [1.807, 2.05) is 6.92 Å². The molecule has 1 heterocycles. The molecule has 0 unspecified atom stereocenters. The van der Waals surface area contributed by atoms with Gasteiger partial charge >= 0.3 is 0 Å². The lowest BCUT2D eigenvalue weighted by molar-refractivity contribution is 0.612. The SMILES string of the molecule is C[C@@H](N)CCc1cncc(F)c1. The maximum atomic E-state index is 12.6. The summed E-state index contributed by atoms with van der Waals surface area (Å²) in [4.78, 5) is 3.75. The van der Waals surface area contributed by atoms with Crippen molar-refractivity contribution in [3.8, 4) is 0 Å². The van der Waals surface area contributed by atoms with Gasteiger partial charge in [0.25, 0.3) is 0 Å². The molecule has 0 bridgehead atoms. The molecule has 3 heteroatoms. The van der Waals surface area contributed by atoms with E-state index in [2.05, 4.69) is 4.98 Å². The second-order valence-corrected chi connectivity index (χ2v) is 3.03. The molecule has 0 spiro atoms. The van der Waals surface area contributed by atoms with Gasteiger partial charge < -0.3 is 5.73 Å². The number of rotatable bonds is 3. The zero-order valence-electron chi connectivity index (χ0n) is 7.13. The minimum absolute atomic E-state index is 0.160. The van der Waals surface area contributed by atoms with Crippen LogP contribution in [0.25, 0.3) is 0 Å². The van der Waals surface area contributed by atoms with Gasteiger partial charge in [0.15, 0.2) is 0 Å². The van der Waals surface area contributed by atoms with Crippen LogP contribution in [0.15, 0.2) is 18.5 Å². The topological polar surface area (TPSA) is 38.9 Å². The molecule has 0 saturated heterocycles. The van der Waals surface area contributed by atoms with Gasteiger partial charge in [0.2, 0.25) is 0 Å². The Hall–Kier alpha value is -0.960. The van der Waals surface area contributed by atoms with Crippen LogP contribution in [0.1, 0.15) is 18.9 Å². The van der Waals surface area contributed by atoms with Crippen LogP contribution in [0.4, 0.5) is 4.39 Å². The Morgan fingerprint density at radius 3 is 2.92 bits per heavy atom. The van der Waals surface area contributed by atoms with E-state index >= 15 is 0 Å². The second kappa shape index (κ2) is 4.16. The van der Waals surface area contributed by atoms with Crippen molar-refractivity contribution in [2.45, 2.75) is 25.8 Å². The summed E-state index contributed by atoms with van der Waals surface area (Å²) in [6.07, 6.45) is 4.54. The molecule has 1 rings (SSSR count). The molecule has 0 saturated carbocycles. The third kappa shape index (κ3) is 2.96. The van der Waals surface area contributed by atoms with Gasteiger partial charge in [-0.3, -0.25) is 4.98 Å². The summed E-state index contributed by atoms with van der Waals surface area (Å²) in [6.45, 7) is 1.94. The summed E-state index contributed by atoms with van der Waals surface area (Å²) in [5, 5.41) is 0. The molecule has 66 valence electrons. The standard InChI is InChI=1S/C9H13FN2/c1-7(11)2-3-8-4-9(10)6-12-5-8/h4-7H,2-3,11H2,1H3/t7-/m1/s1. The number of hydrogen-bond acceptors (Lipinski definition) is 2. The monoisotopic (exact) mass is 168 g/mol. The molecule has 2 N–H and O–H groups in total. The molecule has 12 heavy (non-hydrogen) atoms. The predicted molar refractivity (Wildman–Crippen MR) is 46.2 cm³/mol. The van der Waals surface area contributed by atoms with Crippen molar-refractivity contribution in [1.29, 1.82) is 0 Å². The number of nitrogens with zero attached hydrogens (tertiary/aromatic N) is 1. The summed E-state index contributed by atoms with van der Waals surface area (Å²) < 4.78 is 12.6. The Kier molecular flexibility index (Phi) is 3.17. The van der Waals surface area contributed by atoms with Crippen molar-refractivity contribution >= 4 is 0 Å². The second-order valence-electron chi connectivity index (χ2n) is 3.03. The molecular formula is C9H13FN2. The molecule has 0 amide bonds. The van der Waals surface area contributed by atoms with Crippen molar-refractivity contribution in [2.75, 3.05) is 0 Å². The van der Waals surface area contributed by atoms with E-state index in [0.29, 0.717) is 0 Å². The van der Waals surface area contributed by atoms with Gasteiger partial charge in [-0.15, -0.1) is 0 Å². The Morgan fingerprint density at radius 1 is 1.58 bits per heavy atom. The van der Waals surface area contributed by atoms with Crippen molar-refractivity contribution in [1.82, 2.24) is 4.98 Å². The zero-order chi connectivity index (χ0) is 8.97. The summed E-state index contributed by atoms with van der Waals surface area (Å²) in [5.74, 6) is -0.280. The third-order valence-corrected chi connectivity index (χ3v) is 1.65. The van der Waals surface area contributed by atoms with E-state index in [1.165, 1.54) is 12.3 Å². The highest BCUT2D eigenvalue weighted by atomic mass is 19.1. The van der Waals surface area contributed by atoms with Gasteiger partial charge in [0.05, 0.1) is 6.20 Å². The minimum Gasteiger partial charge on any atom is -0.328 e. The number of aromatic nitrogens is 1. The van der Waals surface area contributed by atoms with Crippen molar-refractivity contribution in [3.63, 3.8) is 0 Å². The lowest BCUT2D eigenvalue weighted by Gasteiger charge is -2.03. The highest BCUT2D eigenvalue weighted by Gasteiger charge is 1.98. The minimum atomic E-state index is -0.280. The molecule has 1 aromatic rings. The van der Waals surface area contributed by atoms with E-state index in [9.17, 15) is 4.39 Å². The van der Waals surface area contributed by atoms with Crippen LogP contribution < -0.4 is 5.73 Å². The maximum absolute atomic E-state index is 12.6. The molecule has 0 fully saturated rings. The van der Waals surface area contributed by atoms with Gasteiger partial charge in [-0.1, -0.05) is 0 Å². The van der Waals surface area contributed by atoms with Crippen LogP contribution in [0, 0.1) is 5.82 Å².